The fourth-order valence-corrected chi connectivity index (χ4v) is 8.24. The number of aryl methyl sites for hydroxylation is 1. The molecule has 1 atom stereocenters. The van der Waals surface area contributed by atoms with E-state index in [0.29, 0.717) is 18.1 Å². The first kappa shape index (κ1) is 42.7. The van der Waals surface area contributed by atoms with E-state index in [1.165, 1.54) is 0 Å². The summed E-state index contributed by atoms with van der Waals surface area (Å²) in [4.78, 5) is 15.2. The predicted octanol–water partition coefficient (Wildman–Crippen LogP) is 11.2. The zero-order valence-electron chi connectivity index (χ0n) is 31.8. The van der Waals surface area contributed by atoms with Crippen molar-refractivity contribution < 1.29 is 37.5 Å². The first-order valence-electron chi connectivity index (χ1n) is 18.7. The van der Waals surface area contributed by atoms with Gasteiger partial charge in [0.25, 0.3) is 0 Å². The van der Waals surface area contributed by atoms with Crippen molar-refractivity contribution in [2.24, 2.45) is 0 Å². The highest BCUT2D eigenvalue weighted by Gasteiger charge is 2.38. The molecule has 9 nitrogen and oxygen atoms in total. The van der Waals surface area contributed by atoms with Crippen molar-refractivity contribution in [3.05, 3.63) is 197 Å². The van der Waals surface area contributed by atoms with Gasteiger partial charge in [0.15, 0.2) is 0 Å². The normalized spacial score (nSPS) is 12.4. The van der Waals surface area contributed by atoms with E-state index in [1.54, 1.807) is 11.8 Å². The second kappa shape index (κ2) is 21.7. The number of alkyl carbamates (subject to hydrolysis) is 1. The molecule has 2 N–H and O–H groups in total. The molecule has 0 aliphatic heterocycles. The smallest absolute Gasteiger partial charge is 0.475 e. The standard InChI is InChI=1S/C46H45ClNO8PS/c47-44-29-43(58-42-23-13-22-41(28-42)52-30-36-14-5-1-6-15-36)25-24-40(44)26-27-46(34-49,48-45(50)53-31-37-16-7-2-8-17-37)35-56-57(51,54-32-38-18-9-3-10-19-38)55-33-39-20-11-4-12-21-39/h1-25,28-29,49H,26-27,30-35H2,(H,48,50). The molecule has 0 saturated carbocycles. The van der Waals surface area contributed by atoms with Crippen LogP contribution in [0.4, 0.5) is 4.79 Å². The van der Waals surface area contributed by atoms with E-state index in [9.17, 15) is 14.5 Å². The summed E-state index contributed by atoms with van der Waals surface area (Å²) in [6.07, 6.45) is -0.344. The first-order valence-corrected chi connectivity index (χ1v) is 21.4. The van der Waals surface area contributed by atoms with Gasteiger partial charge in [0.2, 0.25) is 0 Å². The van der Waals surface area contributed by atoms with Crippen molar-refractivity contribution in [3.8, 4) is 5.75 Å². The predicted molar refractivity (Wildman–Crippen MR) is 227 cm³/mol. The SMILES string of the molecule is O=C(NC(CO)(CCc1ccc(Sc2cccc(OCc3ccccc3)c2)cc1Cl)COP(=O)(OCc1ccccc1)OCc1ccccc1)OCc1ccccc1. The average molecular weight is 838 g/mol. The number of hydrogen-bond acceptors (Lipinski definition) is 9. The quantitative estimate of drug-likeness (QED) is 0.0684. The maximum Gasteiger partial charge on any atom is 0.475 e. The maximum absolute atomic E-state index is 14.2. The molecular formula is C46H45ClNO8PS. The second-order valence-corrected chi connectivity index (χ2v) is 16.7. The number of benzene rings is 6. The lowest BCUT2D eigenvalue weighted by atomic mass is 9.93. The van der Waals surface area contributed by atoms with Crippen molar-refractivity contribution in [3.63, 3.8) is 0 Å². The van der Waals surface area contributed by atoms with E-state index in [4.69, 9.17) is 34.6 Å². The summed E-state index contributed by atoms with van der Waals surface area (Å²) in [7, 11) is -4.28. The molecule has 0 aliphatic rings. The molecule has 0 saturated heterocycles. The van der Waals surface area contributed by atoms with E-state index in [-0.39, 0.29) is 26.2 Å². The minimum absolute atomic E-state index is 0.000914. The molecule has 0 aromatic heterocycles. The van der Waals surface area contributed by atoms with Crippen LogP contribution in [0.3, 0.4) is 0 Å². The van der Waals surface area contributed by atoms with Gasteiger partial charge in [-0.25, -0.2) is 9.36 Å². The molecule has 0 bridgehead atoms. The molecule has 0 aliphatic carbocycles. The minimum atomic E-state index is -4.28. The number of carbonyl (C=O) groups excluding carboxylic acids is 1. The van der Waals surface area contributed by atoms with E-state index >= 15 is 0 Å². The first-order chi connectivity index (χ1) is 28.3. The van der Waals surface area contributed by atoms with Crippen LogP contribution in [0.1, 0.15) is 34.2 Å². The number of ether oxygens (including phenoxy) is 2. The van der Waals surface area contributed by atoms with Crippen molar-refractivity contribution in [2.45, 2.75) is 54.6 Å². The summed E-state index contributed by atoms with van der Waals surface area (Å²) in [6, 6.07) is 51.2. The van der Waals surface area contributed by atoms with Crippen LogP contribution in [-0.2, 0) is 55.7 Å². The van der Waals surface area contributed by atoms with Gasteiger partial charge in [-0.2, -0.15) is 0 Å². The second-order valence-electron chi connectivity index (χ2n) is 13.5. The van der Waals surface area contributed by atoms with Crippen molar-refractivity contribution >= 4 is 37.3 Å². The van der Waals surface area contributed by atoms with E-state index in [2.05, 4.69) is 5.32 Å². The highest BCUT2D eigenvalue weighted by Crippen LogP contribution is 2.51. The highest BCUT2D eigenvalue weighted by atomic mass is 35.5. The lowest BCUT2D eigenvalue weighted by molar-refractivity contribution is 0.0440. The average Bonchev–Trinajstić information content (AvgIpc) is 3.27. The molecule has 0 spiro atoms. The number of rotatable bonds is 21. The van der Waals surface area contributed by atoms with Crippen molar-refractivity contribution in [1.29, 1.82) is 0 Å². The van der Waals surface area contributed by atoms with Crippen LogP contribution >= 0.6 is 31.2 Å². The number of aliphatic hydroxyl groups is 1. The van der Waals surface area contributed by atoms with E-state index in [0.717, 1.165) is 43.4 Å². The third-order valence-corrected chi connectivity index (χ3v) is 11.7. The third-order valence-electron chi connectivity index (χ3n) is 9.03. The topological polar surface area (TPSA) is 113 Å². The van der Waals surface area contributed by atoms with Crippen LogP contribution in [0.15, 0.2) is 174 Å². The summed E-state index contributed by atoms with van der Waals surface area (Å²) in [6.45, 7) is -0.666. The molecule has 1 unspecified atom stereocenters. The van der Waals surface area contributed by atoms with E-state index < -0.39 is 32.7 Å². The summed E-state index contributed by atoms with van der Waals surface area (Å²) in [5.41, 5.74) is 2.67. The summed E-state index contributed by atoms with van der Waals surface area (Å²) < 4.78 is 43.4. The van der Waals surface area contributed by atoms with Crippen LogP contribution in [0.5, 0.6) is 5.75 Å². The van der Waals surface area contributed by atoms with Crippen molar-refractivity contribution in [2.75, 3.05) is 13.2 Å². The van der Waals surface area contributed by atoms with Crippen LogP contribution in [0, 0.1) is 0 Å². The number of nitrogens with one attached hydrogen (secondary N) is 1. The summed E-state index contributed by atoms with van der Waals surface area (Å²) >= 11 is 8.41. The third kappa shape index (κ3) is 13.6. The molecule has 58 heavy (non-hydrogen) atoms. The molecule has 300 valence electrons. The number of hydrogen-bond donors (Lipinski definition) is 2. The van der Waals surface area contributed by atoms with Gasteiger partial charge in [-0.1, -0.05) is 157 Å². The van der Waals surface area contributed by atoms with Gasteiger partial charge >= 0.3 is 13.9 Å². The zero-order chi connectivity index (χ0) is 40.5. The number of aliphatic hydroxyl groups excluding tert-OH is 1. The maximum atomic E-state index is 14.2. The fourth-order valence-electron chi connectivity index (χ4n) is 5.75. The Morgan fingerprint density at radius 2 is 1.17 bits per heavy atom. The van der Waals surface area contributed by atoms with Gasteiger partial charge in [-0.15, -0.1) is 0 Å². The van der Waals surface area contributed by atoms with Crippen LogP contribution in [0.25, 0.3) is 0 Å². The summed E-state index contributed by atoms with van der Waals surface area (Å²) in [5, 5.41) is 14.2. The molecule has 0 heterocycles. The monoisotopic (exact) mass is 837 g/mol. The van der Waals surface area contributed by atoms with Crippen LogP contribution in [0.2, 0.25) is 5.02 Å². The Morgan fingerprint density at radius 1 is 0.638 bits per heavy atom. The molecule has 6 aromatic carbocycles. The summed E-state index contributed by atoms with van der Waals surface area (Å²) in [5.74, 6) is 0.759. The van der Waals surface area contributed by atoms with Gasteiger partial charge in [0.1, 0.15) is 19.0 Å². The largest absolute Gasteiger partial charge is 0.489 e. The lowest BCUT2D eigenvalue weighted by Gasteiger charge is -2.33. The van der Waals surface area contributed by atoms with Gasteiger partial charge in [-0.3, -0.25) is 13.6 Å². The molecule has 12 heteroatoms. The Morgan fingerprint density at radius 3 is 1.72 bits per heavy atom. The number of phosphoric acid groups is 1. The minimum Gasteiger partial charge on any atom is -0.489 e. The van der Waals surface area contributed by atoms with Gasteiger partial charge in [0, 0.05) is 14.8 Å². The van der Waals surface area contributed by atoms with Gasteiger partial charge in [0.05, 0.1) is 32.0 Å². The number of amides is 1. The number of carbonyl (C=O) groups is 1. The molecule has 0 fully saturated rings. The Kier molecular flexibility index (Phi) is 16.0. The van der Waals surface area contributed by atoms with Gasteiger partial charge in [-0.05, 0) is 71.0 Å². The molecule has 6 rings (SSSR count). The van der Waals surface area contributed by atoms with Gasteiger partial charge < -0.3 is 19.9 Å². The molecule has 0 radical (unpaired) electrons. The molecular weight excluding hydrogens is 793 g/mol. The number of halogens is 1. The lowest BCUT2D eigenvalue weighted by Crippen LogP contribution is -2.55. The van der Waals surface area contributed by atoms with Crippen LogP contribution in [-0.4, -0.2) is 30.0 Å². The van der Waals surface area contributed by atoms with E-state index in [1.807, 2.05) is 164 Å². The van der Waals surface area contributed by atoms with Crippen LogP contribution < -0.4 is 10.1 Å². The Hall–Kier alpha value is -4.90. The highest BCUT2D eigenvalue weighted by molar-refractivity contribution is 7.99. The Labute approximate surface area is 348 Å². The Bertz CT molecular complexity index is 2170. The zero-order valence-corrected chi connectivity index (χ0v) is 34.3. The molecule has 6 aromatic rings. The van der Waals surface area contributed by atoms with Crippen molar-refractivity contribution in [1.82, 2.24) is 5.32 Å². The number of phosphoric ester groups is 1. The Balaban J connectivity index is 1.15. The fraction of sp³-hybridized carbons (Fsp3) is 0.196. The molecule has 1 amide bonds.